The minimum Gasteiger partial charge on any atom is -0.320 e. The standard InChI is InChI=1S/C17H21N/c1-3-13-7-5-9-15(11-13)17(18)16-10-6-8-14(4-2)12-16/h5-12,17H,3-4,18H2,1-2H3. The van der Waals surface area contributed by atoms with E-state index in [1.165, 1.54) is 22.3 Å². The fourth-order valence-corrected chi connectivity index (χ4v) is 2.21. The summed E-state index contributed by atoms with van der Waals surface area (Å²) in [6, 6.07) is 17.1. The first kappa shape index (κ1) is 12.8. The van der Waals surface area contributed by atoms with Crippen molar-refractivity contribution in [3.63, 3.8) is 0 Å². The minimum atomic E-state index is -0.0250. The summed E-state index contributed by atoms with van der Waals surface area (Å²) in [7, 11) is 0. The second-order valence-electron chi connectivity index (χ2n) is 4.67. The van der Waals surface area contributed by atoms with Gasteiger partial charge in [0.15, 0.2) is 0 Å². The van der Waals surface area contributed by atoms with Crippen molar-refractivity contribution in [3.8, 4) is 0 Å². The van der Waals surface area contributed by atoms with Crippen LogP contribution in [0.2, 0.25) is 0 Å². The van der Waals surface area contributed by atoms with Gasteiger partial charge < -0.3 is 5.73 Å². The van der Waals surface area contributed by atoms with Crippen LogP contribution >= 0.6 is 0 Å². The molecule has 0 heterocycles. The zero-order chi connectivity index (χ0) is 13.0. The summed E-state index contributed by atoms with van der Waals surface area (Å²) in [4.78, 5) is 0. The molecule has 0 amide bonds. The molecule has 1 nitrogen and oxygen atoms in total. The molecule has 94 valence electrons. The Balaban J connectivity index is 2.31. The Bertz CT molecular complexity index is 469. The molecule has 18 heavy (non-hydrogen) atoms. The van der Waals surface area contributed by atoms with Crippen LogP contribution in [0, 0.1) is 0 Å². The van der Waals surface area contributed by atoms with Crippen molar-refractivity contribution in [3.05, 3.63) is 70.8 Å². The fraction of sp³-hybridized carbons (Fsp3) is 0.294. The zero-order valence-electron chi connectivity index (χ0n) is 11.2. The van der Waals surface area contributed by atoms with E-state index < -0.39 is 0 Å². The largest absolute Gasteiger partial charge is 0.320 e. The number of benzene rings is 2. The van der Waals surface area contributed by atoms with E-state index in [9.17, 15) is 0 Å². The van der Waals surface area contributed by atoms with E-state index >= 15 is 0 Å². The Labute approximate surface area is 110 Å². The number of aryl methyl sites for hydroxylation is 2. The molecule has 0 aromatic heterocycles. The third-order valence-electron chi connectivity index (χ3n) is 3.44. The summed E-state index contributed by atoms with van der Waals surface area (Å²) >= 11 is 0. The van der Waals surface area contributed by atoms with Gasteiger partial charge in [-0.05, 0) is 35.1 Å². The molecule has 2 aromatic rings. The number of hydrogen-bond donors (Lipinski definition) is 1. The molecule has 2 rings (SSSR count). The quantitative estimate of drug-likeness (QED) is 0.861. The van der Waals surface area contributed by atoms with Gasteiger partial charge in [-0.2, -0.15) is 0 Å². The molecule has 0 aliphatic carbocycles. The maximum absolute atomic E-state index is 6.36. The molecule has 0 atom stereocenters. The molecule has 2 aromatic carbocycles. The fourth-order valence-electron chi connectivity index (χ4n) is 2.21. The molecule has 0 spiro atoms. The van der Waals surface area contributed by atoms with Gasteiger partial charge in [-0.3, -0.25) is 0 Å². The van der Waals surface area contributed by atoms with Crippen LogP contribution in [0.3, 0.4) is 0 Å². The van der Waals surface area contributed by atoms with E-state index in [0.29, 0.717) is 0 Å². The Kier molecular flexibility index (Phi) is 4.16. The Morgan fingerprint density at radius 2 is 1.28 bits per heavy atom. The summed E-state index contributed by atoms with van der Waals surface area (Å²) in [5.41, 5.74) is 11.4. The lowest BCUT2D eigenvalue weighted by Gasteiger charge is -2.14. The van der Waals surface area contributed by atoms with E-state index in [1.807, 2.05) is 0 Å². The first-order chi connectivity index (χ1) is 8.74. The van der Waals surface area contributed by atoms with Gasteiger partial charge in [0.25, 0.3) is 0 Å². The summed E-state index contributed by atoms with van der Waals surface area (Å²) in [6.07, 6.45) is 2.10. The highest BCUT2D eigenvalue weighted by Crippen LogP contribution is 2.21. The van der Waals surface area contributed by atoms with Gasteiger partial charge in [-0.1, -0.05) is 62.4 Å². The summed E-state index contributed by atoms with van der Waals surface area (Å²) in [6.45, 7) is 4.34. The van der Waals surface area contributed by atoms with Gasteiger partial charge in [0, 0.05) is 0 Å². The molecule has 0 fully saturated rings. The molecule has 0 aliphatic heterocycles. The van der Waals surface area contributed by atoms with Crippen molar-refractivity contribution in [2.75, 3.05) is 0 Å². The van der Waals surface area contributed by atoms with Crippen molar-refractivity contribution < 1.29 is 0 Å². The van der Waals surface area contributed by atoms with Crippen LogP contribution in [-0.2, 0) is 12.8 Å². The lowest BCUT2D eigenvalue weighted by Crippen LogP contribution is -2.12. The van der Waals surface area contributed by atoms with Crippen molar-refractivity contribution in [2.45, 2.75) is 32.7 Å². The maximum atomic E-state index is 6.36. The van der Waals surface area contributed by atoms with Gasteiger partial charge >= 0.3 is 0 Å². The molecule has 0 radical (unpaired) electrons. The predicted molar refractivity (Wildman–Crippen MR) is 77.7 cm³/mol. The normalized spacial score (nSPS) is 10.9. The van der Waals surface area contributed by atoms with Crippen LogP contribution in [-0.4, -0.2) is 0 Å². The van der Waals surface area contributed by atoms with Crippen LogP contribution in [0.5, 0.6) is 0 Å². The lowest BCUT2D eigenvalue weighted by atomic mass is 9.96. The highest BCUT2D eigenvalue weighted by molar-refractivity contribution is 5.35. The van der Waals surface area contributed by atoms with E-state index in [4.69, 9.17) is 5.73 Å². The monoisotopic (exact) mass is 239 g/mol. The van der Waals surface area contributed by atoms with E-state index in [1.54, 1.807) is 0 Å². The van der Waals surface area contributed by atoms with E-state index in [2.05, 4.69) is 62.4 Å². The Morgan fingerprint density at radius 1 is 0.833 bits per heavy atom. The maximum Gasteiger partial charge on any atom is 0.0551 e. The molecule has 2 N–H and O–H groups in total. The van der Waals surface area contributed by atoms with Gasteiger partial charge in [-0.15, -0.1) is 0 Å². The van der Waals surface area contributed by atoms with Crippen LogP contribution in [0.25, 0.3) is 0 Å². The molecule has 0 unspecified atom stereocenters. The third-order valence-corrected chi connectivity index (χ3v) is 3.44. The van der Waals surface area contributed by atoms with Gasteiger partial charge in [0.1, 0.15) is 0 Å². The minimum absolute atomic E-state index is 0.0250. The van der Waals surface area contributed by atoms with E-state index in [-0.39, 0.29) is 6.04 Å². The van der Waals surface area contributed by atoms with Crippen molar-refractivity contribution in [2.24, 2.45) is 5.73 Å². The lowest BCUT2D eigenvalue weighted by molar-refractivity contribution is 0.863. The first-order valence-electron chi connectivity index (χ1n) is 6.67. The summed E-state index contributed by atoms with van der Waals surface area (Å²) in [5.74, 6) is 0. The number of hydrogen-bond acceptors (Lipinski definition) is 1. The average molecular weight is 239 g/mol. The van der Waals surface area contributed by atoms with Crippen LogP contribution in [0.15, 0.2) is 48.5 Å². The molecule has 1 heteroatoms. The Hall–Kier alpha value is -1.60. The van der Waals surface area contributed by atoms with Crippen molar-refractivity contribution >= 4 is 0 Å². The average Bonchev–Trinajstić information content (AvgIpc) is 2.46. The van der Waals surface area contributed by atoms with E-state index in [0.717, 1.165) is 12.8 Å². The topological polar surface area (TPSA) is 26.0 Å². The molecule has 0 saturated carbocycles. The summed E-state index contributed by atoms with van der Waals surface area (Å²) < 4.78 is 0. The second-order valence-corrected chi connectivity index (χ2v) is 4.67. The molecule has 0 bridgehead atoms. The zero-order valence-corrected chi connectivity index (χ0v) is 11.2. The SMILES string of the molecule is CCc1cccc(C(N)c2cccc(CC)c2)c1. The smallest absolute Gasteiger partial charge is 0.0551 e. The Morgan fingerprint density at radius 3 is 1.67 bits per heavy atom. The van der Waals surface area contributed by atoms with Crippen LogP contribution < -0.4 is 5.73 Å². The van der Waals surface area contributed by atoms with Crippen LogP contribution in [0.4, 0.5) is 0 Å². The van der Waals surface area contributed by atoms with Gasteiger partial charge in [-0.25, -0.2) is 0 Å². The second kappa shape index (κ2) is 5.83. The first-order valence-corrected chi connectivity index (χ1v) is 6.67. The molecular formula is C17H21N. The van der Waals surface area contributed by atoms with Gasteiger partial charge in [0.05, 0.1) is 6.04 Å². The predicted octanol–water partition coefficient (Wildman–Crippen LogP) is 3.86. The summed E-state index contributed by atoms with van der Waals surface area (Å²) in [5, 5.41) is 0. The number of rotatable bonds is 4. The highest BCUT2D eigenvalue weighted by Gasteiger charge is 2.09. The van der Waals surface area contributed by atoms with Crippen molar-refractivity contribution in [1.29, 1.82) is 0 Å². The number of nitrogens with two attached hydrogens (primary N) is 1. The third kappa shape index (κ3) is 2.80. The molecular weight excluding hydrogens is 218 g/mol. The van der Waals surface area contributed by atoms with Gasteiger partial charge in [0.2, 0.25) is 0 Å². The van der Waals surface area contributed by atoms with Crippen LogP contribution in [0.1, 0.15) is 42.1 Å². The highest BCUT2D eigenvalue weighted by atomic mass is 14.6. The molecule has 0 saturated heterocycles. The van der Waals surface area contributed by atoms with Crippen molar-refractivity contribution in [1.82, 2.24) is 0 Å². The molecule has 0 aliphatic rings.